The average molecular weight is 280 g/mol. The Labute approximate surface area is 121 Å². The van der Waals surface area contributed by atoms with Crippen molar-refractivity contribution in [3.63, 3.8) is 0 Å². The third-order valence-electron chi connectivity index (χ3n) is 3.23. The zero-order valence-corrected chi connectivity index (χ0v) is 12.4. The number of nitrogens with zero attached hydrogens (tertiary/aromatic N) is 1. The summed E-state index contributed by atoms with van der Waals surface area (Å²) in [5.41, 5.74) is 1.44. The van der Waals surface area contributed by atoms with Gasteiger partial charge in [0.25, 0.3) is 0 Å². The van der Waals surface area contributed by atoms with Crippen molar-refractivity contribution in [1.29, 1.82) is 0 Å². The van der Waals surface area contributed by atoms with Gasteiger partial charge in [0, 0.05) is 19.1 Å². The smallest absolute Gasteiger partial charge is 0.146 e. The molecule has 4 heteroatoms. The Morgan fingerprint density at radius 2 is 2.25 bits per heavy atom. The van der Waals surface area contributed by atoms with Crippen molar-refractivity contribution >= 4 is 5.69 Å². The van der Waals surface area contributed by atoms with E-state index in [1.807, 2.05) is 13.0 Å². The maximum atomic E-state index is 14.2. The number of nitrogens with one attached hydrogen (secondary N) is 1. The summed E-state index contributed by atoms with van der Waals surface area (Å²) in [6.45, 7) is 9.60. The van der Waals surface area contributed by atoms with Crippen LogP contribution in [0.3, 0.4) is 0 Å². The van der Waals surface area contributed by atoms with E-state index < -0.39 is 0 Å². The van der Waals surface area contributed by atoms with Crippen molar-refractivity contribution in [2.75, 3.05) is 31.1 Å². The fourth-order valence-electron chi connectivity index (χ4n) is 2.11. The predicted octanol–water partition coefficient (Wildman–Crippen LogP) is 2.87. The number of halogens is 1. The SMILES string of the molecule is C=CCN(CCO)c1ccc(C(C)NCCC)cc1F. The molecule has 1 aromatic carbocycles. The normalized spacial score (nSPS) is 12.2. The fourth-order valence-corrected chi connectivity index (χ4v) is 2.11. The monoisotopic (exact) mass is 280 g/mol. The minimum atomic E-state index is -0.261. The molecule has 0 saturated heterocycles. The highest BCUT2D eigenvalue weighted by atomic mass is 19.1. The summed E-state index contributed by atoms with van der Waals surface area (Å²) in [5, 5.41) is 12.4. The van der Waals surface area contributed by atoms with Crippen LogP contribution in [0.1, 0.15) is 31.9 Å². The van der Waals surface area contributed by atoms with Crippen LogP contribution in [0.4, 0.5) is 10.1 Å². The number of hydrogen-bond acceptors (Lipinski definition) is 3. The van der Waals surface area contributed by atoms with Gasteiger partial charge in [0.1, 0.15) is 5.82 Å². The summed E-state index contributed by atoms with van der Waals surface area (Å²) in [6, 6.07) is 5.40. The van der Waals surface area contributed by atoms with Gasteiger partial charge in [-0.05, 0) is 37.6 Å². The van der Waals surface area contributed by atoms with Gasteiger partial charge in [0.15, 0.2) is 0 Å². The van der Waals surface area contributed by atoms with Gasteiger partial charge >= 0.3 is 0 Å². The Bertz CT molecular complexity index is 423. The second-order valence-corrected chi connectivity index (χ2v) is 4.84. The summed E-state index contributed by atoms with van der Waals surface area (Å²) in [7, 11) is 0. The first-order chi connectivity index (χ1) is 9.63. The lowest BCUT2D eigenvalue weighted by Gasteiger charge is -2.24. The number of benzene rings is 1. The van der Waals surface area contributed by atoms with Crippen molar-refractivity contribution in [1.82, 2.24) is 5.32 Å². The van der Waals surface area contributed by atoms with Crippen LogP contribution in [0.5, 0.6) is 0 Å². The molecule has 1 atom stereocenters. The van der Waals surface area contributed by atoms with E-state index in [0.29, 0.717) is 18.8 Å². The molecule has 0 aliphatic rings. The van der Waals surface area contributed by atoms with Crippen LogP contribution in [0.25, 0.3) is 0 Å². The Morgan fingerprint density at radius 3 is 2.80 bits per heavy atom. The maximum absolute atomic E-state index is 14.2. The molecule has 0 bridgehead atoms. The zero-order valence-electron chi connectivity index (χ0n) is 12.4. The maximum Gasteiger partial charge on any atom is 0.146 e. The lowest BCUT2D eigenvalue weighted by molar-refractivity contribution is 0.302. The van der Waals surface area contributed by atoms with Crippen molar-refractivity contribution < 1.29 is 9.50 Å². The molecule has 0 aliphatic carbocycles. The average Bonchev–Trinajstić information content (AvgIpc) is 2.44. The molecule has 0 aromatic heterocycles. The third-order valence-corrected chi connectivity index (χ3v) is 3.23. The topological polar surface area (TPSA) is 35.5 Å². The number of aliphatic hydroxyl groups excluding tert-OH is 1. The van der Waals surface area contributed by atoms with Gasteiger partial charge in [-0.2, -0.15) is 0 Å². The van der Waals surface area contributed by atoms with Crippen molar-refractivity contribution in [3.05, 3.63) is 42.2 Å². The van der Waals surface area contributed by atoms with Gasteiger partial charge in [-0.3, -0.25) is 0 Å². The third kappa shape index (κ3) is 4.62. The van der Waals surface area contributed by atoms with Crippen LogP contribution in [0.2, 0.25) is 0 Å². The molecule has 3 nitrogen and oxygen atoms in total. The Hall–Kier alpha value is -1.39. The second-order valence-electron chi connectivity index (χ2n) is 4.84. The fraction of sp³-hybridized carbons (Fsp3) is 0.500. The lowest BCUT2D eigenvalue weighted by atomic mass is 10.1. The van der Waals surface area contributed by atoms with Gasteiger partial charge in [-0.1, -0.05) is 19.1 Å². The molecule has 0 heterocycles. The van der Waals surface area contributed by atoms with Crippen molar-refractivity contribution in [3.8, 4) is 0 Å². The molecule has 1 unspecified atom stereocenters. The molecule has 20 heavy (non-hydrogen) atoms. The van der Waals surface area contributed by atoms with Gasteiger partial charge < -0.3 is 15.3 Å². The first-order valence-electron chi connectivity index (χ1n) is 7.13. The minimum absolute atomic E-state index is 0.0104. The summed E-state index contributed by atoms with van der Waals surface area (Å²) >= 11 is 0. The van der Waals surface area contributed by atoms with Crippen molar-refractivity contribution in [2.24, 2.45) is 0 Å². The van der Waals surface area contributed by atoms with Gasteiger partial charge in [0.2, 0.25) is 0 Å². The molecular weight excluding hydrogens is 255 g/mol. The van der Waals surface area contributed by atoms with E-state index >= 15 is 0 Å². The largest absolute Gasteiger partial charge is 0.395 e. The van der Waals surface area contributed by atoms with Crippen LogP contribution >= 0.6 is 0 Å². The quantitative estimate of drug-likeness (QED) is 0.683. The molecule has 1 rings (SSSR count). The first-order valence-corrected chi connectivity index (χ1v) is 7.13. The summed E-state index contributed by atoms with van der Waals surface area (Å²) in [5.74, 6) is -0.261. The number of hydrogen-bond donors (Lipinski definition) is 2. The first kappa shape index (κ1) is 16.7. The number of aliphatic hydroxyl groups is 1. The summed E-state index contributed by atoms with van der Waals surface area (Å²) in [4.78, 5) is 1.77. The standard InChI is InChI=1S/C16H25FN2O/c1-4-8-18-13(3)14-6-7-16(15(17)12-14)19(9-5-2)10-11-20/h5-7,12-13,18,20H,2,4,8-11H2,1,3H3. The van der Waals surface area contributed by atoms with E-state index in [2.05, 4.69) is 18.8 Å². The van der Waals surface area contributed by atoms with Crippen LogP contribution < -0.4 is 10.2 Å². The highest BCUT2D eigenvalue weighted by Crippen LogP contribution is 2.23. The molecule has 0 aliphatic heterocycles. The number of anilines is 1. The molecule has 1 aromatic rings. The molecule has 0 radical (unpaired) electrons. The van der Waals surface area contributed by atoms with E-state index in [4.69, 9.17) is 5.11 Å². The lowest BCUT2D eigenvalue weighted by Crippen LogP contribution is -2.27. The van der Waals surface area contributed by atoms with Crippen molar-refractivity contribution in [2.45, 2.75) is 26.3 Å². The van der Waals surface area contributed by atoms with Crippen LogP contribution in [-0.4, -0.2) is 31.3 Å². The Morgan fingerprint density at radius 1 is 1.50 bits per heavy atom. The van der Waals surface area contributed by atoms with E-state index in [0.717, 1.165) is 18.5 Å². The molecule has 0 spiro atoms. The highest BCUT2D eigenvalue weighted by Gasteiger charge is 2.13. The molecule has 0 saturated carbocycles. The Balaban J connectivity index is 2.87. The zero-order chi connectivity index (χ0) is 15.0. The van der Waals surface area contributed by atoms with E-state index in [1.165, 1.54) is 0 Å². The van der Waals surface area contributed by atoms with E-state index in [9.17, 15) is 4.39 Å². The molecule has 2 N–H and O–H groups in total. The Kier molecular flexibility index (Phi) is 7.26. The molecule has 0 amide bonds. The van der Waals surface area contributed by atoms with Gasteiger partial charge in [-0.15, -0.1) is 6.58 Å². The van der Waals surface area contributed by atoms with Gasteiger partial charge in [-0.25, -0.2) is 4.39 Å². The molecule has 0 fully saturated rings. The van der Waals surface area contributed by atoms with Crippen LogP contribution in [0, 0.1) is 5.82 Å². The second kappa shape index (κ2) is 8.72. The minimum Gasteiger partial charge on any atom is -0.395 e. The molecular formula is C16H25FN2O. The summed E-state index contributed by atoms with van der Waals surface area (Å²) in [6.07, 6.45) is 2.75. The molecule has 112 valence electrons. The van der Waals surface area contributed by atoms with Gasteiger partial charge in [0.05, 0.1) is 12.3 Å². The highest BCUT2D eigenvalue weighted by molar-refractivity contribution is 5.50. The van der Waals surface area contributed by atoms with E-state index in [1.54, 1.807) is 23.1 Å². The summed E-state index contributed by atoms with van der Waals surface area (Å²) < 4.78 is 14.2. The van der Waals surface area contributed by atoms with Crippen LogP contribution in [0.15, 0.2) is 30.9 Å². The predicted molar refractivity (Wildman–Crippen MR) is 82.6 cm³/mol. The van der Waals surface area contributed by atoms with Crippen LogP contribution in [-0.2, 0) is 0 Å². The number of rotatable bonds is 9. The van der Waals surface area contributed by atoms with E-state index in [-0.39, 0.29) is 18.5 Å².